The van der Waals surface area contributed by atoms with Gasteiger partial charge in [-0.15, -0.1) is 0 Å². The van der Waals surface area contributed by atoms with Crippen molar-refractivity contribution in [3.8, 4) is 11.5 Å². The third kappa shape index (κ3) is 6.30. The van der Waals surface area contributed by atoms with E-state index in [1.165, 1.54) is 0 Å². The van der Waals surface area contributed by atoms with Crippen LogP contribution in [0.3, 0.4) is 0 Å². The Morgan fingerprint density at radius 1 is 1.00 bits per heavy atom. The summed E-state index contributed by atoms with van der Waals surface area (Å²) in [5.41, 5.74) is 2.24. The van der Waals surface area contributed by atoms with Gasteiger partial charge in [-0.1, -0.05) is 46.3 Å². The van der Waals surface area contributed by atoms with Gasteiger partial charge in [-0.2, -0.15) is 0 Å². The van der Waals surface area contributed by atoms with E-state index in [-0.39, 0.29) is 11.0 Å². The highest BCUT2D eigenvalue weighted by atomic mass is 79.9. The second kappa shape index (κ2) is 10.8. The second-order valence-corrected chi connectivity index (χ2v) is 7.60. The van der Waals surface area contributed by atoms with Crippen LogP contribution in [0, 0.1) is 0 Å². The van der Waals surface area contributed by atoms with Crippen molar-refractivity contribution in [3.63, 3.8) is 0 Å². The van der Waals surface area contributed by atoms with Gasteiger partial charge in [0, 0.05) is 10.2 Å². The van der Waals surface area contributed by atoms with E-state index in [1.54, 1.807) is 12.1 Å². The summed E-state index contributed by atoms with van der Waals surface area (Å²) in [4.78, 5) is 12.6. The first kappa shape index (κ1) is 21.8. The van der Waals surface area contributed by atoms with Crippen LogP contribution in [0.5, 0.6) is 11.5 Å². The topological polar surface area (TPSA) is 59.6 Å². The van der Waals surface area contributed by atoms with Crippen LogP contribution in [0.15, 0.2) is 77.3 Å². The molecule has 0 saturated heterocycles. The molecule has 3 rings (SSSR count). The smallest absolute Gasteiger partial charge is 0.261 e. The Balaban J connectivity index is 1.56. The van der Waals surface area contributed by atoms with E-state index in [9.17, 15) is 4.79 Å². The maximum Gasteiger partial charge on any atom is 0.261 e. The highest BCUT2D eigenvalue weighted by Gasteiger charge is 2.14. The van der Waals surface area contributed by atoms with Crippen molar-refractivity contribution in [1.82, 2.24) is 5.32 Å². The Labute approximate surface area is 189 Å². The van der Waals surface area contributed by atoms with Gasteiger partial charge in [-0.05, 0) is 67.2 Å². The zero-order chi connectivity index (χ0) is 21.3. The molecule has 154 valence electrons. The van der Waals surface area contributed by atoms with E-state index in [1.807, 2.05) is 67.6 Å². The van der Waals surface area contributed by atoms with Crippen molar-refractivity contribution in [2.45, 2.75) is 13.5 Å². The number of amides is 1. The fourth-order valence-corrected chi connectivity index (χ4v) is 3.24. The molecule has 0 aliphatic rings. The molecule has 5 nitrogen and oxygen atoms in total. The molecule has 0 bridgehead atoms. The average Bonchev–Trinajstić information content (AvgIpc) is 2.75. The number of ether oxygens (including phenoxy) is 2. The molecule has 0 fully saturated rings. The first-order chi connectivity index (χ1) is 14.5. The van der Waals surface area contributed by atoms with Gasteiger partial charge in [-0.3, -0.25) is 10.1 Å². The Bertz CT molecular complexity index is 1010. The third-order valence-electron chi connectivity index (χ3n) is 4.07. The number of carbonyl (C=O) groups is 1. The zero-order valence-corrected chi connectivity index (χ0v) is 18.8. The predicted molar refractivity (Wildman–Crippen MR) is 126 cm³/mol. The molecule has 7 heteroatoms. The first-order valence-corrected chi connectivity index (χ1v) is 10.6. The van der Waals surface area contributed by atoms with Crippen LogP contribution in [0.2, 0.25) is 0 Å². The van der Waals surface area contributed by atoms with Crippen LogP contribution in [0.4, 0.5) is 5.69 Å². The minimum atomic E-state index is -0.347. The fourth-order valence-electron chi connectivity index (χ4n) is 2.67. The molecule has 0 radical (unpaired) electrons. The van der Waals surface area contributed by atoms with Gasteiger partial charge < -0.3 is 14.8 Å². The SMILES string of the molecule is CCOc1ccc(Br)cc1C(=O)NC(=S)Nc1ccc(OCc2ccccc2)cc1. The van der Waals surface area contributed by atoms with Crippen molar-refractivity contribution in [2.75, 3.05) is 11.9 Å². The number of hydrogen-bond acceptors (Lipinski definition) is 4. The number of benzene rings is 3. The number of nitrogens with one attached hydrogen (secondary N) is 2. The molecule has 30 heavy (non-hydrogen) atoms. The average molecular weight is 485 g/mol. The minimum Gasteiger partial charge on any atom is -0.493 e. The van der Waals surface area contributed by atoms with Crippen molar-refractivity contribution < 1.29 is 14.3 Å². The van der Waals surface area contributed by atoms with Gasteiger partial charge in [0.15, 0.2) is 5.11 Å². The van der Waals surface area contributed by atoms with Crippen molar-refractivity contribution >= 4 is 44.9 Å². The van der Waals surface area contributed by atoms with E-state index < -0.39 is 0 Å². The minimum absolute atomic E-state index is 0.195. The van der Waals surface area contributed by atoms with Gasteiger partial charge in [0.2, 0.25) is 0 Å². The standard InChI is InChI=1S/C23H21BrN2O3S/c1-2-28-21-13-8-17(24)14-20(21)22(27)26-23(30)25-18-9-11-19(12-10-18)29-15-16-6-4-3-5-7-16/h3-14H,2,15H2,1H3,(H2,25,26,27,30). The van der Waals surface area contributed by atoms with Gasteiger partial charge in [0.1, 0.15) is 18.1 Å². The molecule has 3 aromatic carbocycles. The van der Waals surface area contributed by atoms with E-state index in [0.29, 0.717) is 24.5 Å². The zero-order valence-electron chi connectivity index (χ0n) is 16.4. The summed E-state index contributed by atoms with van der Waals surface area (Å²) in [6.45, 7) is 2.82. The third-order valence-corrected chi connectivity index (χ3v) is 4.77. The Kier molecular flexibility index (Phi) is 7.82. The van der Waals surface area contributed by atoms with Crippen molar-refractivity contribution in [3.05, 3.63) is 88.4 Å². The van der Waals surface area contributed by atoms with Gasteiger partial charge in [0.05, 0.1) is 12.2 Å². The van der Waals surface area contributed by atoms with Crippen molar-refractivity contribution in [2.24, 2.45) is 0 Å². The number of hydrogen-bond donors (Lipinski definition) is 2. The number of rotatable bonds is 7. The van der Waals surface area contributed by atoms with E-state index in [0.717, 1.165) is 21.5 Å². The molecule has 0 atom stereocenters. The molecule has 1 amide bonds. The van der Waals surface area contributed by atoms with E-state index >= 15 is 0 Å². The molecule has 0 aliphatic carbocycles. The largest absolute Gasteiger partial charge is 0.493 e. The van der Waals surface area contributed by atoms with Crippen LogP contribution in [-0.2, 0) is 6.61 Å². The molecule has 0 aliphatic heterocycles. The summed E-state index contributed by atoms with van der Waals surface area (Å²) in [5.74, 6) is 0.899. The lowest BCUT2D eigenvalue weighted by atomic mass is 10.2. The van der Waals surface area contributed by atoms with Gasteiger partial charge >= 0.3 is 0 Å². The molecule has 0 heterocycles. The van der Waals surface area contributed by atoms with Crippen LogP contribution in [0.1, 0.15) is 22.8 Å². The summed E-state index contributed by atoms with van der Waals surface area (Å²) < 4.78 is 12.1. The van der Waals surface area contributed by atoms with E-state index in [4.69, 9.17) is 21.7 Å². The molecule has 2 N–H and O–H groups in total. The van der Waals surface area contributed by atoms with Gasteiger partial charge in [-0.25, -0.2) is 0 Å². The fraction of sp³-hybridized carbons (Fsp3) is 0.130. The maximum absolute atomic E-state index is 12.6. The summed E-state index contributed by atoms with van der Waals surface area (Å²) in [6.07, 6.45) is 0. The Morgan fingerprint density at radius 2 is 1.73 bits per heavy atom. The molecule has 0 spiro atoms. The lowest BCUT2D eigenvalue weighted by Gasteiger charge is -2.13. The monoisotopic (exact) mass is 484 g/mol. The molecule has 0 unspecified atom stereocenters. The summed E-state index contributed by atoms with van der Waals surface area (Å²) in [7, 11) is 0. The lowest BCUT2D eigenvalue weighted by molar-refractivity contribution is 0.0974. The number of thiocarbonyl (C=S) groups is 1. The van der Waals surface area contributed by atoms with Crippen LogP contribution < -0.4 is 20.1 Å². The van der Waals surface area contributed by atoms with Crippen LogP contribution in [0.25, 0.3) is 0 Å². The first-order valence-electron chi connectivity index (χ1n) is 9.36. The summed E-state index contributed by atoms with van der Waals surface area (Å²) in [6, 6.07) is 22.6. The second-order valence-electron chi connectivity index (χ2n) is 6.28. The maximum atomic E-state index is 12.6. The summed E-state index contributed by atoms with van der Waals surface area (Å²) >= 11 is 8.65. The van der Waals surface area contributed by atoms with Gasteiger partial charge in [0.25, 0.3) is 5.91 Å². The molecule has 0 aromatic heterocycles. The number of carbonyl (C=O) groups excluding carboxylic acids is 1. The highest BCUT2D eigenvalue weighted by Crippen LogP contribution is 2.23. The van der Waals surface area contributed by atoms with Crippen LogP contribution in [-0.4, -0.2) is 17.6 Å². The number of anilines is 1. The normalized spacial score (nSPS) is 10.2. The molecule has 3 aromatic rings. The quantitative estimate of drug-likeness (QED) is 0.430. The van der Waals surface area contributed by atoms with E-state index in [2.05, 4.69) is 26.6 Å². The molecule has 0 saturated carbocycles. The Hall–Kier alpha value is -2.90. The molecular formula is C23H21BrN2O3S. The molecular weight excluding hydrogens is 464 g/mol. The lowest BCUT2D eigenvalue weighted by Crippen LogP contribution is -2.34. The number of halogens is 1. The predicted octanol–water partition coefficient (Wildman–Crippen LogP) is 5.55. The van der Waals surface area contributed by atoms with Crippen molar-refractivity contribution in [1.29, 1.82) is 0 Å². The highest BCUT2D eigenvalue weighted by molar-refractivity contribution is 9.10. The summed E-state index contributed by atoms with van der Waals surface area (Å²) in [5, 5.41) is 5.88. The Morgan fingerprint density at radius 3 is 2.43 bits per heavy atom. The van der Waals surface area contributed by atoms with Crippen LogP contribution >= 0.6 is 28.1 Å².